The van der Waals surface area contributed by atoms with E-state index in [9.17, 15) is 19.8 Å². The number of nitrogens with zero attached hydrogens (tertiary/aromatic N) is 1. The van der Waals surface area contributed by atoms with Gasteiger partial charge in [-0.2, -0.15) is 0 Å². The van der Waals surface area contributed by atoms with Crippen molar-refractivity contribution in [3.63, 3.8) is 0 Å². The van der Waals surface area contributed by atoms with Crippen LogP contribution in [0.5, 0.6) is 11.5 Å². The van der Waals surface area contributed by atoms with Crippen LogP contribution in [0.15, 0.2) is 12.1 Å². The van der Waals surface area contributed by atoms with Crippen molar-refractivity contribution >= 4 is 12.0 Å². The van der Waals surface area contributed by atoms with Crippen LogP contribution < -0.4 is 0 Å². The van der Waals surface area contributed by atoms with Gasteiger partial charge in [0.05, 0.1) is 11.6 Å². The zero-order valence-electron chi connectivity index (χ0n) is 14.1. The molecule has 2 rings (SSSR count). The second-order valence-electron chi connectivity index (χ2n) is 7.23. The number of carbonyl (C=O) groups excluding carboxylic acids is 2. The number of hydrogen-bond acceptors (Lipinski definition) is 5. The zero-order chi connectivity index (χ0) is 17.5. The highest BCUT2D eigenvalue weighted by molar-refractivity contribution is 6.09. The highest BCUT2D eigenvalue weighted by Crippen LogP contribution is 2.44. The summed E-state index contributed by atoms with van der Waals surface area (Å²) >= 11 is 0. The topological polar surface area (TPSA) is 87.1 Å². The van der Waals surface area contributed by atoms with Gasteiger partial charge in [0.25, 0.3) is 5.91 Å². The summed E-state index contributed by atoms with van der Waals surface area (Å²) in [6.07, 6.45) is -0.232. The van der Waals surface area contributed by atoms with Crippen molar-refractivity contribution in [1.29, 1.82) is 0 Å². The summed E-state index contributed by atoms with van der Waals surface area (Å²) in [6, 6.07) is 1.96. The lowest BCUT2D eigenvalue weighted by molar-refractivity contribution is 0.0175. The molecule has 0 aliphatic carbocycles. The molecule has 2 N–H and O–H groups in total. The van der Waals surface area contributed by atoms with Crippen molar-refractivity contribution in [1.82, 2.24) is 4.90 Å². The molecule has 0 spiro atoms. The molecule has 0 radical (unpaired) electrons. The van der Waals surface area contributed by atoms with Crippen LogP contribution >= 0.6 is 0 Å². The van der Waals surface area contributed by atoms with Gasteiger partial charge in [-0.15, -0.1) is 0 Å². The smallest absolute Gasteiger partial charge is 0.417 e. The average molecular weight is 321 g/mol. The average Bonchev–Trinajstić information content (AvgIpc) is 2.59. The second-order valence-corrected chi connectivity index (χ2v) is 7.23. The minimum absolute atomic E-state index is 0.0549. The maximum absolute atomic E-state index is 12.6. The van der Waals surface area contributed by atoms with Crippen LogP contribution in [-0.2, 0) is 4.74 Å². The largest absolute Gasteiger partial charge is 0.508 e. The molecule has 1 heterocycles. The summed E-state index contributed by atoms with van der Waals surface area (Å²) in [7, 11) is 0. The van der Waals surface area contributed by atoms with Crippen molar-refractivity contribution in [2.24, 2.45) is 5.92 Å². The number of benzene rings is 1. The van der Waals surface area contributed by atoms with Crippen molar-refractivity contribution in [3.05, 3.63) is 23.3 Å². The number of aromatic hydroxyl groups is 2. The van der Waals surface area contributed by atoms with Gasteiger partial charge >= 0.3 is 6.09 Å². The van der Waals surface area contributed by atoms with Crippen LogP contribution in [-0.4, -0.2) is 32.7 Å². The fourth-order valence-electron chi connectivity index (χ4n) is 2.73. The number of imide groups is 1. The molecule has 23 heavy (non-hydrogen) atoms. The summed E-state index contributed by atoms with van der Waals surface area (Å²) in [4.78, 5) is 26.1. The third-order valence-corrected chi connectivity index (χ3v) is 3.52. The molecular formula is C17H23NO5. The van der Waals surface area contributed by atoms with Gasteiger partial charge in [-0.05, 0) is 44.7 Å². The molecule has 0 bridgehead atoms. The van der Waals surface area contributed by atoms with Crippen LogP contribution in [0.3, 0.4) is 0 Å². The van der Waals surface area contributed by atoms with E-state index in [2.05, 4.69) is 0 Å². The van der Waals surface area contributed by atoms with E-state index in [1.165, 1.54) is 6.07 Å². The fraction of sp³-hybridized carbons (Fsp3) is 0.529. The molecule has 126 valence electrons. The highest BCUT2D eigenvalue weighted by Gasteiger charge is 2.44. The normalized spacial score (nSPS) is 17.6. The SMILES string of the molecule is CC(C)C[C@H]1c2cc(O)cc(O)c2C(=O)N1C(=O)OC(C)(C)C. The first kappa shape index (κ1) is 17.1. The second kappa shape index (κ2) is 5.76. The van der Waals surface area contributed by atoms with Crippen molar-refractivity contribution in [3.8, 4) is 11.5 Å². The molecule has 0 unspecified atom stereocenters. The van der Waals surface area contributed by atoms with Gasteiger partial charge in [0.2, 0.25) is 0 Å². The first-order valence-corrected chi connectivity index (χ1v) is 7.63. The minimum atomic E-state index is -0.747. The number of ether oxygens (including phenoxy) is 1. The van der Waals surface area contributed by atoms with Gasteiger partial charge in [0, 0.05) is 6.07 Å². The number of phenolic OH excluding ortho intramolecular Hbond substituents is 2. The molecule has 0 saturated heterocycles. The molecule has 0 aromatic heterocycles. The molecule has 1 aromatic rings. The lowest BCUT2D eigenvalue weighted by atomic mass is 9.96. The Morgan fingerprint density at radius 3 is 2.43 bits per heavy atom. The van der Waals surface area contributed by atoms with E-state index in [1.54, 1.807) is 20.8 Å². The first-order valence-electron chi connectivity index (χ1n) is 7.63. The van der Waals surface area contributed by atoms with Crippen LogP contribution in [0.25, 0.3) is 0 Å². The number of rotatable bonds is 2. The molecule has 1 aliphatic rings. The number of phenols is 2. The van der Waals surface area contributed by atoms with Gasteiger partial charge < -0.3 is 14.9 Å². The summed E-state index contributed by atoms with van der Waals surface area (Å²) < 4.78 is 5.33. The van der Waals surface area contributed by atoms with E-state index in [-0.39, 0.29) is 23.0 Å². The van der Waals surface area contributed by atoms with E-state index in [0.29, 0.717) is 12.0 Å². The molecular weight excluding hydrogens is 298 g/mol. The van der Waals surface area contributed by atoms with Crippen LogP contribution in [0.4, 0.5) is 4.79 Å². The number of carbonyl (C=O) groups is 2. The Bertz CT molecular complexity index is 645. The van der Waals surface area contributed by atoms with Crippen LogP contribution in [0, 0.1) is 5.92 Å². The standard InChI is InChI=1S/C17H23NO5/c1-9(2)6-12-11-7-10(19)8-13(20)14(11)15(21)18(12)16(22)23-17(3,4)5/h7-9,12,19-20H,6H2,1-5H3/t12-/m0/s1. The Balaban J connectivity index is 2.48. The van der Waals surface area contributed by atoms with E-state index < -0.39 is 23.6 Å². The van der Waals surface area contributed by atoms with Crippen LogP contribution in [0.2, 0.25) is 0 Å². The predicted molar refractivity (Wildman–Crippen MR) is 84.4 cm³/mol. The Labute approximate surface area is 135 Å². The van der Waals surface area contributed by atoms with Gasteiger partial charge in [-0.3, -0.25) is 4.79 Å². The number of hydrogen-bond donors (Lipinski definition) is 2. The Kier molecular flexibility index (Phi) is 4.28. The van der Waals surface area contributed by atoms with E-state index in [1.807, 2.05) is 13.8 Å². The Morgan fingerprint density at radius 1 is 1.30 bits per heavy atom. The maximum Gasteiger partial charge on any atom is 0.417 e. The monoisotopic (exact) mass is 321 g/mol. The third kappa shape index (κ3) is 3.41. The van der Waals surface area contributed by atoms with Gasteiger partial charge in [0.1, 0.15) is 17.1 Å². The Morgan fingerprint density at radius 2 is 1.91 bits per heavy atom. The fourth-order valence-corrected chi connectivity index (χ4v) is 2.73. The van der Waals surface area contributed by atoms with Gasteiger partial charge in [0.15, 0.2) is 0 Å². The minimum Gasteiger partial charge on any atom is -0.508 e. The summed E-state index contributed by atoms with van der Waals surface area (Å²) in [5, 5.41) is 19.7. The van der Waals surface area contributed by atoms with Gasteiger partial charge in [-0.1, -0.05) is 13.8 Å². The predicted octanol–water partition coefficient (Wildman–Crippen LogP) is 3.58. The van der Waals surface area contributed by atoms with Crippen LogP contribution in [0.1, 0.15) is 63.0 Å². The Hall–Kier alpha value is -2.24. The lowest BCUT2D eigenvalue weighted by Crippen LogP contribution is -2.39. The molecule has 1 atom stereocenters. The summed E-state index contributed by atoms with van der Waals surface area (Å²) in [5.41, 5.74) is -0.232. The molecule has 6 heteroatoms. The summed E-state index contributed by atoms with van der Waals surface area (Å²) in [5.74, 6) is -0.871. The zero-order valence-corrected chi connectivity index (χ0v) is 14.1. The third-order valence-electron chi connectivity index (χ3n) is 3.52. The highest BCUT2D eigenvalue weighted by atomic mass is 16.6. The molecule has 2 amide bonds. The molecule has 1 aromatic carbocycles. The number of amides is 2. The molecule has 0 saturated carbocycles. The molecule has 1 aliphatic heterocycles. The van der Waals surface area contributed by atoms with E-state index in [0.717, 1.165) is 11.0 Å². The molecule has 0 fully saturated rings. The number of fused-ring (bicyclic) bond motifs is 1. The van der Waals surface area contributed by atoms with Crippen molar-refractivity contribution in [2.45, 2.75) is 52.7 Å². The molecule has 6 nitrogen and oxygen atoms in total. The lowest BCUT2D eigenvalue weighted by Gasteiger charge is -2.28. The van der Waals surface area contributed by atoms with Gasteiger partial charge in [-0.25, -0.2) is 9.69 Å². The summed E-state index contributed by atoms with van der Waals surface area (Å²) in [6.45, 7) is 9.11. The van der Waals surface area contributed by atoms with E-state index in [4.69, 9.17) is 4.74 Å². The maximum atomic E-state index is 12.6. The quantitative estimate of drug-likeness (QED) is 0.869. The van der Waals surface area contributed by atoms with Crippen molar-refractivity contribution in [2.75, 3.05) is 0 Å². The van der Waals surface area contributed by atoms with Crippen molar-refractivity contribution < 1.29 is 24.5 Å². The first-order chi connectivity index (χ1) is 10.5. The van der Waals surface area contributed by atoms with E-state index >= 15 is 0 Å².